The monoisotopic (exact) mass is 349 g/mol. The SMILES string of the molecule is FC(F)(F)c1ccccc1C(OCCN1CCCC1)c1ccccc1. The molecule has 1 atom stereocenters. The molecule has 2 aromatic carbocycles. The molecule has 0 radical (unpaired) electrons. The van der Waals surface area contributed by atoms with Gasteiger partial charge >= 0.3 is 6.18 Å². The highest BCUT2D eigenvalue weighted by atomic mass is 19.4. The molecule has 1 fully saturated rings. The Kier molecular flexibility index (Phi) is 5.76. The molecule has 0 spiro atoms. The van der Waals surface area contributed by atoms with Crippen molar-refractivity contribution in [3.05, 3.63) is 71.3 Å². The Hall–Kier alpha value is -1.85. The van der Waals surface area contributed by atoms with Gasteiger partial charge in [0.25, 0.3) is 0 Å². The molecule has 1 unspecified atom stereocenters. The van der Waals surface area contributed by atoms with E-state index < -0.39 is 17.8 Å². The lowest BCUT2D eigenvalue weighted by Crippen LogP contribution is -2.25. The van der Waals surface area contributed by atoms with Crippen molar-refractivity contribution in [1.29, 1.82) is 0 Å². The summed E-state index contributed by atoms with van der Waals surface area (Å²) < 4.78 is 46.3. The molecule has 1 aliphatic heterocycles. The summed E-state index contributed by atoms with van der Waals surface area (Å²) in [5.74, 6) is 0. The molecule has 0 amide bonds. The second-order valence-corrected chi connectivity index (χ2v) is 6.30. The predicted molar refractivity (Wildman–Crippen MR) is 91.4 cm³/mol. The van der Waals surface area contributed by atoms with Crippen molar-refractivity contribution in [1.82, 2.24) is 4.90 Å². The van der Waals surface area contributed by atoms with E-state index in [1.165, 1.54) is 25.0 Å². The number of hydrogen-bond donors (Lipinski definition) is 0. The molecule has 0 bridgehead atoms. The molecule has 2 nitrogen and oxygen atoms in total. The molecule has 1 saturated heterocycles. The zero-order valence-corrected chi connectivity index (χ0v) is 14.0. The highest BCUT2D eigenvalue weighted by Gasteiger charge is 2.35. The van der Waals surface area contributed by atoms with E-state index in [1.807, 2.05) is 30.3 Å². The first-order chi connectivity index (χ1) is 12.1. The lowest BCUT2D eigenvalue weighted by Gasteiger charge is -2.24. The summed E-state index contributed by atoms with van der Waals surface area (Å²) in [6.45, 7) is 3.24. The molecular formula is C20H22F3NO. The highest BCUT2D eigenvalue weighted by Crippen LogP contribution is 2.37. The van der Waals surface area contributed by atoms with E-state index in [0.29, 0.717) is 6.61 Å². The van der Waals surface area contributed by atoms with E-state index in [0.717, 1.165) is 31.3 Å². The largest absolute Gasteiger partial charge is 0.416 e. The Morgan fingerprint density at radius 3 is 2.24 bits per heavy atom. The van der Waals surface area contributed by atoms with E-state index in [9.17, 15) is 13.2 Å². The first kappa shape index (κ1) is 18.0. The van der Waals surface area contributed by atoms with Crippen LogP contribution in [0.5, 0.6) is 0 Å². The third-order valence-corrected chi connectivity index (χ3v) is 4.54. The summed E-state index contributed by atoms with van der Waals surface area (Å²) in [4.78, 5) is 2.29. The van der Waals surface area contributed by atoms with Gasteiger partial charge in [0.1, 0.15) is 6.10 Å². The quantitative estimate of drug-likeness (QED) is 0.735. The van der Waals surface area contributed by atoms with Crippen LogP contribution in [0.15, 0.2) is 54.6 Å². The highest BCUT2D eigenvalue weighted by molar-refractivity contribution is 5.37. The minimum absolute atomic E-state index is 0.169. The van der Waals surface area contributed by atoms with Crippen LogP contribution in [0.1, 0.15) is 35.6 Å². The van der Waals surface area contributed by atoms with E-state index in [4.69, 9.17) is 4.74 Å². The first-order valence-corrected chi connectivity index (χ1v) is 8.61. The zero-order valence-electron chi connectivity index (χ0n) is 14.0. The predicted octanol–water partition coefficient (Wildman–Crippen LogP) is 4.91. The fourth-order valence-corrected chi connectivity index (χ4v) is 3.28. The van der Waals surface area contributed by atoms with Gasteiger partial charge < -0.3 is 9.64 Å². The number of nitrogens with zero attached hydrogens (tertiary/aromatic N) is 1. The van der Waals surface area contributed by atoms with Crippen molar-refractivity contribution < 1.29 is 17.9 Å². The molecular weight excluding hydrogens is 327 g/mol. The third kappa shape index (κ3) is 4.61. The van der Waals surface area contributed by atoms with Gasteiger partial charge in [-0.05, 0) is 43.1 Å². The van der Waals surface area contributed by atoms with E-state index >= 15 is 0 Å². The molecule has 2 aromatic rings. The van der Waals surface area contributed by atoms with Gasteiger partial charge in [-0.2, -0.15) is 13.2 Å². The van der Waals surface area contributed by atoms with Crippen LogP contribution in [-0.4, -0.2) is 31.1 Å². The van der Waals surface area contributed by atoms with Gasteiger partial charge in [0.15, 0.2) is 0 Å². The molecule has 5 heteroatoms. The Bertz CT molecular complexity index is 666. The van der Waals surface area contributed by atoms with E-state index in [1.54, 1.807) is 6.07 Å². The second kappa shape index (κ2) is 8.02. The zero-order chi connectivity index (χ0) is 17.7. The Balaban J connectivity index is 1.84. The summed E-state index contributed by atoms with van der Waals surface area (Å²) >= 11 is 0. The lowest BCUT2D eigenvalue weighted by molar-refractivity contribution is -0.139. The third-order valence-electron chi connectivity index (χ3n) is 4.54. The standard InChI is InChI=1S/C20H22F3NO/c21-20(22,23)18-11-5-4-10-17(18)19(16-8-2-1-3-9-16)25-15-14-24-12-6-7-13-24/h1-5,8-11,19H,6-7,12-15H2. The van der Waals surface area contributed by atoms with Crippen molar-refractivity contribution in [3.63, 3.8) is 0 Å². The number of halogens is 3. The van der Waals surface area contributed by atoms with Gasteiger partial charge in [0.05, 0.1) is 12.2 Å². The number of alkyl halides is 3. The van der Waals surface area contributed by atoms with Crippen molar-refractivity contribution in [3.8, 4) is 0 Å². The average molecular weight is 349 g/mol. The van der Waals surface area contributed by atoms with Crippen LogP contribution in [0.2, 0.25) is 0 Å². The first-order valence-electron chi connectivity index (χ1n) is 8.61. The van der Waals surface area contributed by atoms with Gasteiger partial charge in [-0.1, -0.05) is 48.5 Å². The maximum atomic E-state index is 13.4. The van der Waals surface area contributed by atoms with Crippen LogP contribution >= 0.6 is 0 Å². The summed E-state index contributed by atoms with van der Waals surface area (Å²) in [5, 5.41) is 0. The smallest absolute Gasteiger partial charge is 0.367 e. The van der Waals surface area contributed by atoms with Crippen LogP contribution in [0, 0.1) is 0 Å². The van der Waals surface area contributed by atoms with Gasteiger partial charge in [-0.25, -0.2) is 0 Å². The molecule has 0 saturated carbocycles. The number of likely N-dealkylation sites (tertiary alicyclic amines) is 1. The van der Waals surface area contributed by atoms with Crippen LogP contribution in [-0.2, 0) is 10.9 Å². The Morgan fingerprint density at radius 1 is 0.920 bits per heavy atom. The molecule has 134 valence electrons. The van der Waals surface area contributed by atoms with Crippen LogP contribution in [0.4, 0.5) is 13.2 Å². The normalized spacial score (nSPS) is 16.9. The minimum Gasteiger partial charge on any atom is -0.367 e. The van der Waals surface area contributed by atoms with Gasteiger partial charge in [0.2, 0.25) is 0 Å². The van der Waals surface area contributed by atoms with Gasteiger partial charge in [0, 0.05) is 6.54 Å². The molecule has 0 aromatic heterocycles. The average Bonchev–Trinajstić information content (AvgIpc) is 3.12. The van der Waals surface area contributed by atoms with E-state index in [2.05, 4.69) is 4.90 Å². The second-order valence-electron chi connectivity index (χ2n) is 6.30. The van der Waals surface area contributed by atoms with Crippen molar-refractivity contribution in [2.24, 2.45) is 0 Å². The molecule has 0 aliphatic carbocycles. The lowest BCUT2D eigenvalue weighted by atomic mass is 9.96. The number of hydrogen-bond acceptors (Lipinski definition) is 2. The van der Waals surface area contributed by atoms with Crippen molar-refractivity contribution >= 4 is 0 Å². The maximum Gasteiger partial charge on any atom is 0.416 e. The Morgan fingerprint density at radius 2 is 1.56 bits per heavy atom. The molecule has 1 aliphatic rings. The summed E-state index contributed by atoms with van der Waals surface area (Å²) in [5.41, 5.74) is 0.272. The molecule has 3 rings (SSSR count). The number of ether oxygens (including phenoxy) is 1. The fourth-order valence-electron chi connectivity index (χ4n) is 3.28. The summed E-state index contributed by atoms with van der Waals surface area (Å²) in [7, 11) is 0. The number of benzene rings is 2. The molecule has 0 N–H and O–H groups in total. The van der Waals surface area contributed by atoms with Gasteiger partial charge in [-0.15, -0.1) is 0 Å². The van der Waals surface area contributed by atoms with Gasteiger partial charge in [-0.3, -0.25) is 0 Å². The fraction of sp³-hybridized carbons (Fsp3) is 0.400. The van der Waals surface area contributed by atoms with Crippen LogP contribution < -0.4 is 0 Å². The minimum atomic E-state index is -4.40. The number of rotatable bonds is 6. The molecule has 1 heterocycles. The molecule has 25 heavy (non-hydrogen) atoms. The Labute approximate surface area is 146 Å². The maximum absolute atomic E-state index is 13.4. The van der Waals surface area contributed by atoms with Crippen molar-refractivity contribution in [2.45, 2.75) is 25.1 Å². The summed E-state index contributed by atoms with van der Waals surface area (Å²) in [6, 6.07) is 14.8. The van der Waals surface area contributed by atoms with Crippen molar-refractivity contribution in [2.75, 3.05) is 26.2 Å². The summed E-state index contributed by atoms with van der Waals surface area (Å²) in [6.07, 6.45) is -2.76. The van der Waals surface area contributed by atoms with Crippen LogP contribution in [0.3, 0.4) is 0 Å². The van der Waals surface area contributed by atoms with Crippen LogP contribution in [0.25, 0.3) is 0 Å². The van der Waals surface area contributed by atoms with E-state index in [-0.39, 0.29) is 5.56 Å². The topological polar surface area (TPSA) is 12.5 Å².